The van der Waals surface area contributed by atoms with E-state index in [9.17, 15) is 4.79 Å². The molecule has 0 spiro atoms. The van der Waals surface area contributed by atoms with Crippen LogP contribution in [0.1, 0.15) is 15.9 Å². The summed E-state index contributed by atoms with van der Waals surface area (Å²) in [4.78, 5) is 10.8. The van der Waals surface area contributed by atoms with E-state index < -0.39 is 0 Å². The molecule has 1 rings (SSSR count). The molecule has 0 bridgehead atoms. The SMILES string of the molecule is Cc1ccccc1C(=O)[Se].Cl. The van der Waals surface area contributed by atoms with Gasteiger partial charge in [0.15, 0.2) is 0 Å². The molecule has 1 aromatic carbocycles. The molecular weight excluding hydrogens is 226 g/mol. The molecule has 0 aliphatic heterocycles. The number of hydrogen-bond acceptors (Lipinski definition) is 1. The summed E-state index contributed by atoms with van der Waals surface area (Å²) < 4.78 is 0.0121. The molecule has 59 valence electrons. The van der Waals surface area contributed by atoms with Gasteiger partial charge in [0.2, 0.25) is 0 Å². The number of rotatable bonds is 1. The molecule has 3 heteroatoms. The Hall–Kier alpha value is -0.301. The number of benzene rings is 1. The third kappa shape index (κ3) is 2.66. The van der Waals surface area contributed by atoms with E-state index >= 15 is 0 Å². The van der Waals surface area contributed by atoms with Crippen molar-refractivity contribution in [2.75, 3.05) is 0 Å². The Balaban J connectivity index is 0.000001000. The van der Waals surface area contributed by atoms with Crippen LogP contribution >= 0.6 is 12.4 Å². The van der Waals surface area contributed by atoms with Crippen molar-refractivity contribution in [3.05, 3.63) is 35.4 Å². The van der Waals surface area contributed by atoms with Gasteiger partial charge in [0, 0.05) is 0 Å². The van der Waals surface area contributed by atoms with Gasteiger partial charge in [-0.25, -0.2) is 0 Å². The van der Waals surface area contributed by atoms with Gasteiger partial charge in [-0.15, -0.1) is 12.4 Å². The van der Waals surface area contributed by atoms with Crippen molar-refractivity contribution in [2.45, 2.75) is 6.92 Å². The molecule has 0 aliphatic carbocycles. The van der Waals surface area contributed by atoms with Crippen LogP contribution in [0, 0.1) is 6.92 Å². The van der Waals surface area contributed by atoms with Gasteiger partial charge in [0.25, 0.3) is 0 Å². The Morgan fingerprint density at radius 3 is 2.27 bits per heavy atom. The second-order valence-corrected chi connectivity index (χ2v) is 2.88. The van der Waals surface area contributed by atoms with Crippen LogP contribution in [0.2, 0.25) is 0 Å². The van der Waals surface area contributed by atoms with Crippen LogP contribution in [0.15, 0.2) is 24.3 Å². The minimum absolute atomic E-state index is 0. The summed E-state index contributed by atoms with van der Waals surface area (Å²) in [7, 11) is 0. The van der Waals surface area contributed by atoms with Gasteiger partial charge in [0.05, 0.1) is 0 Å². The Morgan fingerprint density at radius 1 is 1.36 bits per heavy atom. The first-order valence-corrected chi connectivity index (χ1v) is 3.84. The fourth-order valence-electron chi connectivity index (χ4n) is 0.802. The predicted molar refractivity (Wildman–Crippen MR) is 48.5 cm³/mol. The maximum Gasteiger partial charge on any atom is -0.147 e. The Bertz CT molecular complexity index is 260. The quantitative estimate of drug-likeness (QED) is 0.677. The van der Waals surface area contributed by atoms with Gasteiger partial charge < -0.3 is 0 Å². The van der Waals surface area contributed by atoms with E-state index in [0.29, 0.717) is 0 Å². The summed E-state index contributed by atoms with van der Waals surface area (Å²) >= 11 is 2.46. The van der Waals surface area contributed by atoms with Crippen molar-refractivity contribution in [3.63, 3.8) is 0 Å². The van der Waals surface area contributed by atoms with E-state index in [4.69, 9.17) is 0 Å². The summed E-state index contributed by atoms with van der Waals surface area (Å²) in [5.41, 5.74) is 1.79. The maximum atomic E-state index is 10.8. The van der Waals surface area contributed by atoms with E-state index in [1.165, 1.54) is 0 Å². The molecule has 0 atom stereocenters. The molecule has 0 saturated carbocycles. The molecule has 0 N–H and O–H groups in total. The number of carbonyl (C=O) groups excluding carboxylic acids is 1. The predicted octanol–water partition coefficient (Wildman–Crippen LogP) is 1.73. The van der Waals surface area contributed by atoms with Crippen molar-refractivity contribution in [2.24, 2.45) is 0 Å². The number of carbonyl (C=O) groups is 1. The van der Waals surface area contributed by atoms with Crippen LogP contribution in [0.25, 0.3) is 0 Å². The van der Waals surface area contributed by atoms with Gasteiger partial charge in [-0.2, -0.15) is 0 Å². The smallest absolute Gasteiger partial charge is 0.147 e. The molecule has 0 aliphatic rings. The van der Waals surface area contributed by atoms with Gasteiger partial charge in [0.1, 0.15) is 0 Å². The second-order valence-electron chi connectivity index (χ2n) is 2.10. The van der Waals surface area contributed by atoms with Crippen LogP contribution in [-0.2, 0) is 0 Å². The molecule has 1 aromatic rings. The summed E-state index contributed by atoms with van der Waals surface area (Å²) in [6.07, 6.45) is 0. The van der Waals surface area contributed by atoms with Crippen LogP contribution < -0.4 is 0 Å². The first-order valence-electron chi connectivity index (χ1n) is 2.99. The fourth-order valence-corrected chi connectivity index (χ4v) is 1.28. The topological polar surface area (TPSA) is 17.1 Å². The molecule has 0 fully saturated rings. The van der Waals surface area contributed by atoms with E-state index in [1.807, 2.05) is 31.2 Å². The molecule has 0 aromatic heterocycles. The van der Waals surface area contributed by atoms with Crippen molar-refractivity contribution >= 4 is 33.1 Å². The largest absolute Gasteiger partial charge is 0.147 e. The van der Waals surface area contributed by atoms with Crippen LogP contribution in [0.3, 0.4) is 0 Å². The average molecular weight is 235 g/mol. The molecule has 0 heterocycles. The third-order valence-corrected chi connectivity index (χ3v) is 1.83. The Labute approximate surface area is 80.4 Å². The summed E-state index contributed by atoms with van der Waals surface area (Å²) in [5, 5.41) is 0. The van der Waals surface area contributed by atoms with Crippen molar-refractivity contribution in [1.29, 1.82) is 0 Å². The normalized spacial score (nSPS) is 8.45. The molecule has 0 saturated heterocycles. The zero-order chi connectivity index (χ0) is 7.56. The zero-order valence-electron chi connectivity index (χ0n) is 6.03. The summed E-state index contributed by atoms with van der Waals surface area (Å²) in [6, 6.07) is 7.51. The van der Waals surface area contributed by atoms with Crippen molar-refractivity contribution in [3.8, 4) is 0 Å². The molecule has 11 heavy (non-hydrogen) atoms. The standard InChI is InChI=1S/C8H7OSe.ClH/c1-6-4-2-3-5-7(6)8(9)10;/h2-5H,1H3;1H. The van der Waals surface area contributed by atoms with Gasteiger partial charge in [-0.3, -0.25) is 0 Å². The molecular formula is C8H8ClOSe. The first kappa shape index (κ1) is 10.7. The van der Waals surface area contributed by atoms with E-state index in [2.05, 4.69) is 16.0 Å². The number of hydrogen-bond donors (Lipinski definition) is 0. The third-order valence-electron chi connectivity index (χ3n) is 1.36. The molecule has 1 radical (unpaired) electrons. The monoisotopic (exact) mass is 235 g/mol. The van der Waals surface area contributed by atoms with Gasteiger partial charge >= 0.3 is 67.8 Å². The number of halogens is 1. The van der Waals surface area contributed by atoms with Crippen molar-refractivity contribution < 1.29 is 4.79 Å². The average Bonchev–Trinajstić information content (AvgIpc) is 1.88. The van der Waals surface area contributed by atoms with Gasteiger partial charge in [-0.1, -0.05) is 0 Å². The first-order chi connectivity index (χ1) is 4.72. The summed E-state index contributed by atoms with van der Waals surface area (Å²) in [6.45, 7) is 1.92. The fraction of sp³-hybridized carbons (Fsp3) is 0.125. The molecule has 1 nitrogen and oxygen atoms in total. The molecule has 0 unspecified atom stereocenters. The second kappa shape index (κ2) is 4.55. The minimum atomic E-state index is 0. The van der Waals surface area contributed by atoms with Crippen LogP contribution in [0.5, 0.6) is 0 Å². The minimum Gasteiger partial charge on any atom is -0.147 e. The number of aryl methyl sites for hydroxylation is 1. The molecule has 0 amide bonds. The summed E-state index contributed by atoms with van der Waals surface area (Å²) in [5.74, 6) is 0. The maximum absolute atomic E-state index is 10.8. The van der Waals surface area contributed by atoms with Gasteiger partial charge in [-0.05, 0) is 0 Å². The Kier molecular flexibility index (Phi) is 4.43. The Morgan fingerprint density at radius 2 is 1.91 bits per heavy atom. The van der Waals surface area contributed by atoms with E-state index in [1.54, 1.807) is 0 Å². The van der Waals surface area contributed by atoms with Crippen LogP contribution in [0.4, 0.5) is 0 Å². The zero-order valence-corrected chi connectivity index (χ0v) is 8.56. The van der Waals surface area contributed by atoms with Crippen LogP contribution in [-0.4, -0.2) is 20.7 Å². The van der Waals surface area contributed by atoms with E-state index in [0.717, 1.165) is 11.1 Å². The van der Waals surface area contributed by atoms with Crippen molar-refractivity contribution in [1.82, 2.24) is 0 Å². The van der Waals surface area contributed by atoms with E-state index in [-0.39, 0.29) is 17.1 Å².